The van der Waals surface area contributed by atoms with E-state index in [0.29, 0.717) is 24.0 Å². The fourth-order valence-electron chi connectivity index (χ4n) is 2.80. The predicted octanol–water partition coefficient (Wildman–Crippen LogP) is 4.63. The second kappa shape index (κ2) is 9.03. The largest absolute Gasteiger partial charge is 0.457 e. The van der Waals surface area contributed by atoms with Crippen molar-refractivity contribution in [3.8, 4) is 11.5 Å². The van der Waals surface area contributed by atoms with Crippen LogP contribution in [0.5, 0.6) is 11.5 Å². The molecule has 0 radical (unpaired) electrons. The van der Waals surface area contributed by atoms with Crippen LogP contribution in [0.2, 0.25) is 5.02 Å². The van der Waals surface area contributed by atoms with Crippen LogP contribution in [-0.2, 0) is 17.8 Å². The van der Waals surface area contributed by atoms with Gasteiger partial charge in [0.2, 0.25) is 0 Å². The van der Waals surface area contributed by atoms with E-state index in [9.17, 15) is 0 Å². The Morgan fingerprint density at radius 3 is 2.73 bits per heavy atom. The highest BCUT2D eigenvalue weighted by Crippen LogP contribution is 2.28. The van der Waals surface area contributed by atoms with Crippen molar-refractivity contribution in [1.82, 2.24) is 14.9 Å². The summed E-state index contributed by atoms with van der Waals surface area (Å²) in [6.07, 6.45) is 0. The number of hydrogen-bond donors (Lipinski definition) is 1. The second-order valence-corrected chi connectivity index (χ2v) is 6.30. The van der Waals surface area contributed by atoms with E-state index in [2.05, 4.69) is 16.8 Å². The van der Waals surface area contributed by atoms with Crippen molar-refractivity contribution in [2.45, 2.75) is 26.9 Å². The summed E-state index contributed by atoms with van der Waals surface area (Å²) in [6.45, 7) is 7.83. The summed E-state index contributed by atoms with van der Waals surface area (Å²) < 4.78 is 13.7. The number of rotatable bonds is 9. The number of benzene rings is 2. The third-order valence-electron chi connectivity index (χ3n) is 4.03. The highest BCUT2D eigenvalue weighted by molar-refractivity contribution is 6.30. The van der Waals surface area contributed by atoms with Gasteiger partial charge in [0.1, 0.15) is 17.3 Å². The molecule has 0 aliphatic carbocycles. The molecule has 0 bridgehead atoms. The van der Waals surface area contributed by atoms with Crippen LogP contribution in [0.3, 0.4) is 0 Å². The van der Waals surface area contributed by atoms with E-state index in [-0.39, 0.29) is 0 Å². The van der Waals surface area contributed by atoms with Crippen molar-refractivity contribution in [3.63, 3.8) is 0 Å². The first-order valence-corrected chi connectivity index (χ1v) is 9.30. The third-order valence-corrected chi connectivity index (χ3v) is 4.26. The van der Waals surface area contributed by atoms with Crippen molar-refractivity contribution in [2.75, 3.05) is 19.8 Å². The van der Waals surface area contributed by atoms with Gasteiger partial charge in [-0.25, -0.2) is 4.98 Å². The topological polar surface area (TPSA) is 48.3 Å². The smallest absolute Gasteiger partial charge is 0.129 e. The SMILES string of the molecule is CCNCc1nc2ccc(Oc3cccc(Cl)c3)cc2n1CCOCC. The maximum Gasteiger partial charge on any atom is 0.129 e. The van der Waals surface area contributed by atoms with Gasteiger partial charge in [-0.2, -0.15) is 0 Å². The van der Waals surface area contributed by atoms with Crippen molar-refractivity contribution in [2.24, 2.45) is 0 Å². The zero-order valence-electron chi connectivity index (χ0n) is 15.2. The number of hydrogen-bond acceptors (Lipinski definition) is 4. The first kappa shape index (κ1) is 18.7. The molecule has 3 rings (SSSR count). The molecule has 5 nitrogen and oxygen atoms in total. The van der Waals surface area contributed by atoms with E-state index in [0.717, 1.165) is 42.2 Å². The van der Waals surface area contributed by atoms with Crippen LogP contribution in [0.15, 0.2) is 42.5 Å². The average molecular weight is 374 g/mol. The minimum absolute atomic E-state index is 0.651. The minimum Gasteiger partial charge on any atom is -0.457 e. The Labute approximate surface area is 158 Å². The van der Waals surface area contributed by atoms with Gasteiger partial charge < -0.3 is 19.4 Å². The van der Waals surface area contributed by atoms with Gasteiger partial charge in [0.15, 0.2) is 0 Å². The van der Waals surface area contributed by atoms with Gasteiger partial charge >= 0.3 is 0 Å². The standard InChI is InChI=1S/C20H24ClN3O2/c1-3-22-14-20-23-18-9-8-17(26-16-7-5-6-15(21)12-16)13-19(18)24(20)10-11-25-4-2/h5-9,12-13,22H,3-4,10-11,14H2,1-2H3. The van der Waals surface area contributed by atoms with E-state index < -0.39 is 0 Å². The molecule has 0 atom stereocenters. The summed E-state index contributed by atoms with van der Waals surface area (Å²) in [5, 5.41) is 4.00. The third kappa shape index (κ3) is 4.55. The van der Waals surface area contributed by atoms with Crippen LogP contribution < -0.4 is 10.1 Å². The molecule has 0 amide bonds. The van der Waals surface area contributed by atoms with Crippen LogP contribution in [0.4, 0.5) is 0 Å². The van der Waals surface area contributed by atoms with E-state index in [4.69, 9.17) is 26.1 Å². The molecule has 26 heavy (non-hydrogen) atoms. The second-order valence-electron chi connectivity index (χ2n) is 5.87. The van der Waals surface area contributed by atoms with Crippen LogP contribution in [0, 0.1) is 0 Å². The first-order valence-electron chi connectivity index (χ1n) is 8.92. The van der Waals surface area contributed by atoms with Gasteiger partial charge in [0.05, 0.1) is 24.2 Å². The van der Waals surface area contributed by atoms with Crippen LogP contribution >= 0.6 is 11.6 Å². The molecule has 138 valence electrons. The molecule has 1 heterocycles. The molecule has 0 saturated carbocycles. The molecule has 1 aromatic heterocycles. The lowest BCUT2D eigenvalue weighted by Crippen LogP contribution is -2.17. The fraction of sp³-hybridized carbons (Fsp3) is 0.350. The van der Waals surface area contributed by atoms with Gasteiger partial charge in [-0.3, -0.25) is 0 Å². The molecule has 6 heteroatoms. The summed E-state index contributed by atoms with van der Waals surface area (Å²) in [5.41, 5.74) is 1.99. The van der Waals surface area contributed by atoms with Gasteiger partial charge in [0, 0.05) is 24.2 Å². The highest BCUT2D eigenvalue weighted by Gasteiger charge is 2.12. The van der Waals surface area contributed by atoms with E-state index in [1.165, 1.54) is 0 Å². The molecule has 0 spiro atoms. The first-order chi connectivity index (χ1) is 12.7. The number of nitrogens with zero attached hydrogens (tertiary/aromatic N) is 2. The quantitative estimate of drug-likeness (QED) is 0.555. The van der Waals surface area contributed by atoms with Crippen LogP contribution in [0.25, 0.3) is 11.0 Å². The van der Waals surface area contributed by atoms with Crippen LogP contribution in [-0.4, -0.2) is 29.3 Å². The monoisotopic (exact) mass is 373 g/mol. The number of aromatic nitrogens is 2. The molecule has 0 saturated heterocycles. The normalized spacial score (nSPS) is 11.2. The van der Waals surface area contributed by atoms with Crippen molar-refractivity contribution < 1.29 is 9.47 Å². The Morgan fingerprint density at radius 1 is 1.12 bits per heavy atom. The number of halogens is 1. The zero-order chi connectivity index (χ0) is 18.4. The fourth-order valence-corrected chi connectivity index (χ4v) is 2.98. The predicted molar refractivity (Wildman–Crippen MR) is 105 cm³/mol. The molecule has 0 unspecified atom stereocenters. The maximum absolute atomic E-state index is 6.04. The van der Waals surface area contributed by atoms with E-state index >= 15 is 0 Å². The van der Waals surface area contributed by atoms with E-state index in [1.807, 2.05) is 43.3 Å². The Hall–Kier alpha value is -2.08. The zero-order valence-corrected chi connectivity index (χ0v) is 15.9. The molecule has 2 aromatic carbocycles. The lowest BCUT2D eigenvalue weighted by Gasteiger charge is -2.11. The molecular weight excluding hydrogens is 350 g/mol. The number of ether oxygens (including phenoxy) is 2. The van der Waals surface area contributed by atoms with Crippen molar-refractivity contribution >= 4 is 22.6 Å². The van der Waals surface area contributed by atoms with Gasteiger partial charge in [-0.1, -0.05) is 24.6 Å². The van der Waals surface area contributed by atoms with Gasteiger partial charge in [-0.05, 0) is 43.8 Å². The number of fused-ring (bicyclic) bond motifs is 1. The lowest BCUT2D eigenvalue weighted by atomic mass is 10.3. The lowest BCUT2D eigenvalue weighted by molar-refractivity contribution is 0.139. The Kier molecular flexibility index (Phi) is 6.50. The summed E-state index contributed by atoms with van der Waals surface area (Å²) in [6, 6.07) is 13.3. The number of nitrogens with one attached hydrogen (secondary N) is 1. The molecule has 1 N–H and O–H groups in total. The summed E-state index contributed by atoms with van der Waals surface area (Å²) in [4.78, 5) is 4.76. The van der Waals surface area contributed by atoms with E-state index in [1.54, 1.807) is 6.07 Å². The molecule has 3 aromatic rings. The Bertz CT molecular complexity index is 863. The summed E-state index contributed by atoms with van der Waals surface area (Å²) >= 11 is 6.04. The maximum atomic E-state index is 6.04. The molecule has 0 fully saturated rings. The Morgan fingerprint density at radius 2 is 1.96 bits per heavy atom. The minimum atomic E-state index is 0.651. The average Bonchev–Trinajstić information content (AvgIpc) is 2.97. The summed E-state index contributed by atoms with van der Waals surface area (Å²) in [5.74, 6) is 2.47. The molecule has 0 aliphatic heterocycles. The number of imidazole rings is 1. The molecular formula is C20H24ClN3O2. The van der Waals surface area contributed by atoms with Gasteiger partial charge in [0.25, 0.3) is 0 Å². The Balaban J connectivity index is 1.91. The highest BCUT2D eigenvalue weighted by atomic mass is 35.5. The summed E-state index contributed by atoms with van der Waals surface area (Å²) in [7, 11) is 0. The van der Waals surface area contributed by atoms with Crippen LogP contribution in [0.1, 0.15) is 19.7 Å². The van der Waals surface area contributed by atoms with Gasteiger partial charge in [-0.15, -0.1) is 0 Å². The molecule has 0 aliphatic rings. The van der Waals surface area contributed by atoms with Crippen molar-refractivity contribution in [1.29, 1.82) is 0 Å². The van der Waals surface area contributed by atoms with Crippen molar-refractivity contribution in [3.05, 3.63) is 53.3 Å².